The molecule has 0 aliphatic carbocycles. The van der Waals surface area contributed by atoms with Gasteiger partial charge in [0.2, 0.25) is 5.91 Å². The third-order valence-electron chi connectivity index (χ3n) is 4.16. The van der Waals surface area contributed by atoms with E-state index in [1.807, 2.05) is 67.6 Å². The van der Waals surface area contributed by atoms with Crippen LogP contribution in [0.1, 0.15) is 11.1 Å². The number of rotatable bonds is 5. The average Bonchev–Trinajstić information content (AvgIpc) is 2.71. The van der Waals surface area contributed by atoms with E-state index in [0.717, 1.165) is 21.9 Å². The zero-order valence-electron chi connectivity index (χ0n) is 15.9. The molecule has 7 heteroatoms. The highest BCUT2D eigenvalue weighted by atomic mass is 32.1. The Balaban J connectivity index is 1.43. The summed E-state index contributed by atoms with van der Waals surface area (Å²) in [5.41, 5.74) is 6.97. The van der Waals surface area contributed by atoms with Crippen LogP contribution in [0.3, 0.4) is 0 Å². The van der Waals surface area contributed by atoms with Gasteiger partial charge in [-0.2, -0.15) is 0 Å². The van der Waals surface area contributed by atoms with Crippen LogP contribution in [0.5, 0.6) is 5.75 Å². The van der Waals surface area contributed by atoms with Crippen LogP contribution >= 0.6 is 12.2 Å². The summed E-state index contributed by atoms with van der Waals surface area (Å²) in [6.07, 6.45) is 0.182. The molecule has 0 radical (unpaired) electrons. The number of carbonyl (C=O) groups excluding carboxylic acids is 2. The number of hydrogen-bond acceptors (Lipinski definition) is 4. The smallest absolute Gasteiger partial charge is 0.264 e. The van der Waals surface area contributed by atoms with Gasteiger partial charge >= 0.3 is 0 Å². The number of aryl methyl sites for hydroxylation is 1. The molecule has 0 heterocycles. The van der Waals surface area contributed by atoms with E-state index < -0.39 is 5.91 Å². The topological polar surface area (TPSA) is 79.5 Å². The second-order valence-electron chi connectivity index (χ2n) is 6.47. The third kappa shape index (κ3) is 6.02. The SMILES string of the molecule is Cc1cccc(OCC(=O)NC(=S)NNC(=O)Cc2cccc3ccccc23)c1. The maximum Gasteiger partial charge on any atom is 0.264 e. The molecule has 29 heavy (non-hydrogen) atoms. The van der Waals surface area contributed by atoms with Crippen molar-refractivity contribution < 1.29 is 14.3 Å². The molecule has 2 amide bonds. The van der Waals surface area contributed by atoms with Crippen molar-refractivity contribution in [2.45, 2.75) is 13.3 Å². The maximum atomic E-state index is 12.2. The van der Waals surface area contributed by atoms with Crippen LogP contribution in [-0.4, -0.2) is 23.5 Å². The van der Waals surface area contributed by atoms with E-state index in [-0.39, 0.29) is 24.0 Å². The van der Waals surface area contributed by atoms with Crippen LogP contribution in [0.4, 0.5) is 0 Å². The quantitative estimate of drug-likeness (QED) is 0.448. The highest BCUT2D eigenvalue weighted by Crippen LogP contribution is 2.18. The Kier molecular flexibility index (Phi) is 6.76. The molecule has 0 unspecified atom stereocenters. The van der Waals surface area contributed by atoms with Gasteiger partial charge in [-0.05, 0) is 53.2 Å². The van der Waals surface area contributed by atoms with Gasteiger partial charge in [0.05, 0.1) is 6.42 Å². The first-order valence-electron chi connectivity index (χ1n) is 9.06. The summed E-state index contributed by atoms with van der Waals surface area (Å²) < 4.78 is 5.41. The minimum absolute atomic E-state index is 0.00545. The molecular weight excluding hydrogens is 386 g/mol. The van der Waals surface area contributed by atoms with Gasteiger partial charge in [-0.15, -0.1) is 0 Å². The number of carbonyl (C=O) groups is 2. The Labute approximate surface area is 174 Å². The molecular formula is C22H21N3O3S. The predicted molar refractivity (Wildman–Crippen MR) is 116 cm³/mol. The van der Waals surface area contributed by atoms with Crippen molar-refractivity contribution in [2.75, 3.05) is 6.61 Å². The monoisotopic (exact) mass is 407 g/mol. The van der Waals surface area contributed by atoms with Crippen LogP contribution in [0.15, 0.2) is 66.7 Å². The Hall–Kier alpha value is -3.45. The molecule has 0 fully saturated rings. The van der Waals surface area contributed by atoms with Crippen LogP contribution in [0, 0.1) is 6.92 Å². The highest BCUT2D eigenvalue weighted by Gasteiger charge is 2.09. The van der Waals surface area contributed by atoms with Gasteiger partial charge in [0.15, 0.2) is 11.7 Å². The Morgan fingerprint density at radius 2 is 1.69 bits per heavy atom. The van der Waals surface area contributed by atoms with E-state index in [2.05, 4.69) is 16.2 Å². The van der Waals surface area contributed by atoms with E-state index in [9.17, 15) is 9.59 Å². The van der Waals surface area contributed by atoms with Gasteiger partial charge in [-0.3, -0.25) is 25.8 Å². The molecule has 0 aliphatic heterocycles. The van der Waals surface area contributed by atoms with Crippen molar-refractivity contribution in [3.8, 4) is 5.75 Å². The van der Waals surface area contributed by atoms with Crippen LogP contribution < -0.4 is 20.9 Å². The zero-order chi connectivity index (χ0) is 20.6. The molecule has 0 spiro atoms. The van der Waals surface area contributed by atoms with Gasteiger partial charge in [-0.25, -0.2) is 0 Å². The molecule has 0 aromatic heterocycles. The number of ether oxygens (including phenoxy) is 1. The second kappa shape index (κ2) is 9.66. The maximum absolute atomic E-state index is 12.2. The van der Waals surface area contributed by atoms with Gasteiger partial charge in [0, 0.05) is 0 Å². The van der Waals surface area contributed by atoms with Crippen molar-refractivity contribution in [3.05, 3.63) is 77.9 Å². The van der Waals surface area contributed by atoms with Crippen molar-refractivity contribution in [3.63, 3.8) is 0 Å². The normalized spacial score (nSPS) is 10.2. The van der Waals surface area contributed by atoms with E-state index in [0.29, 0.717) is 5.75 Å². The minimum Gasteiger partial charge on any atom is -0.484 e. The first-order chi connectivity index (χ1) is 14.0. The van der Waals surface area contributed by atoms with Gasteiger partial charge in [-0.1, -0.05) is 54.6 Å². The van der Waals surface area contributed by atoms with Crippen molar-refractivity contribution in [1.29, 1.82) is 0 Å². The summed E-state index contributed by atoms with van der Waals surface area (Å²) in [7, 11) is 0. The van der Waals surface area contributed by atoms with Gasteiger partial charge < -0.3 is 4.74 Å². The number of hydrogen-bond donors (Lipinski definition) is 3. The fraction of sp³-hybridized carbons (Fsp3) is 0.136. The first kappa shape index (κ1) is 20.3. The molecule has 0 bridgehead atoms. The number of hydrazine groups is 1. The highest BCUT2D eigenvalue weighted by molar-refractivity contribution is 7.80. The number of fused-ring (bicyclic) bond motifs is 1. The van der Waals surface area contributed by atoms with Crippen LogP contribution in [0.2, 0.25) is 0 Å². The summed E-state index contributed by atoms with van der Waals surface area (Å²) in [6, 6.07) is 21.1. The summed E-state index contributed by atoms with van der Waals surface area (Å²) >= 11 is 5.03. The largest absolute Gasteiger partial charge is 0.484 e. The molecule has 0 saturated carbocycles. The number of thiocarbonyl (C=S) groups is 1. The average molecular weight is 407 g/mol. The summed E-state index contributed by atoms with van der Waals surface area (Å²) in [5.74, 6) is -0.0938. The number of amides is 2. The van der Waals surface area contributed by atoms with E-state index in [1.165, 1.54) is 0 Å². The van der Waals surface area contributed by atoms with Gasteiger partial charge in [0.1, 0.15) is 5.75 Å². The summed E-state index contributed by atoms with van der Waals surface area (Å²) in [5, 5.41) is 4.54. The van der Waals surface area contributed by atoms with E-state index in [4.69, 9.17) is 17.0 Å². The summed E-state index contributed by atoms with van der Waals surface area (Å²) in [4.78, 5) is 24.1. The van der Waals surface area contributed by atoms with Crippen molar-refractivity contribution in [2.24, 2.45) is 0 Å². The second-order valence-corrected chi connectivity index (χ2v) is 6.88. The Bertz CT molecular complexity index is 1050. The lowest BCUT2D eigenvalue weighted by Gasteiger charge is -2.12. The first-order valence-corrected chi connectivity index (χ1v) is 9.47. The predicted octanol–water partition coefficient (Wildman–Crippen LogP) is 2.79. The van der Waals surface area contributed by atoms with Crippen LogP contribution in [-0.2, 0) is 16.0 Å². The molecule has 3 N–H and O–H groups in total. The van der Waals surface area contributed by atoms with Crippen LogP contribution in [0.25, 0.3) is 10.8 Å². The lowest BCUT2D eigenvalue weighted by Crippen LogP contribution is -2.49. The standard InChI is InChI=1S/C22H21N3O3S/c1-15-6-4-10-18(12-15)28-14-21(27)23-22(29)25-24-20(26)13-17-9-5-8-16-7-2-3-11-19(16)17/h2-12H,13-14H2,1H3,(H,24,26)(H2,23,25,27,29). The molecule has 0 atom stereocenters. The lowest BCUT2D eigenvalue weighted by atomic mass is 10.0. The Morgan fingerprint density at radius 3 is 2.52 bits per heavy atom. The number of nitrogens with one attached hydrogen (secondary N) is 3. The molecule has 3 aromatic carbocycles. The fourth-order valence-electron chi connectivity index (χ4n) is 2.84. The molecule has 6 nitrogen and oxygen atoms in total. The lowest BCUT2D eigenvalue weighted by molar-refractivity contribution is -0.122. The molecule has 3 aromatic rings. The zero-order valence-corrected chi connectivity index (χ0v) is 16.7. The van der Waals surface area contributed by atoms with Crippen molar-refractivity contribution >= 4 is 39.9 Å². The molecule has 0 aliphatic rings. The number of benzene rings is 3. The van der Waals surface area contributed by atoms with E-state index in [1.54, 1.807) is 6.07 Å². The Morgan fingerprint density at radius 1 is 0.931 bits per heavy atom. The third-order valence-corrected chi connectivity index (χ3v) is 4.36. The van der Waals surface area contributed by atoms with Gasteiger partial charge in [0.25, 0.3) is 5.91 Å². The molecule has 3 rings (SSSR count). The van der Waals surface area contributed by atoms with Crippen molar-refractivity contribution in [1.82, 2.24) is 16.2 Å². The fourth-order valence-corrected chi connectivity index (χ4v) is 3.00. The minimum atomic E-state index is -0.424. The molecule has 148 valence electrons. The van der Waals surface area contributed by atoms with E-state index >= 15 is 0 Å². The molecule has 0 saturated heterocycles. The summed E-state index contributed by atoms with van der Waals surface area (Å²) in [6.45, 7) is 1.75.